The van der Waals surface area contributed by atoms with Crippen LogP contribution in [-0.4, -0.2) is 117 Å². The molecule has 2 aromatic rings. The number of nitro benzene ring substituents is 1. The second kappa shape index (κ2) is 23.4. The third-order valence-corrected chi connectivity index (χ3v) is 8.92. The number of hydrogen-bond donors (Lipinski definition) is 5. The summed E-state index contributed by atoms with van der Waals surface area (Å²) in [5.41, 5.74) is 3.70. The predicted octanol–water partition coefficient (Wildman–Crippen LogP) is 3.20. The first kappa shape index (κ1) is 52.8. The molecular weight excluding hydrogens is 869 g/mol. The number of nitrogens with one attached hydrogen (secondary N) is 4. The van der Waals surface area contributed by atoms with Crippen LogP contribution in [0.15, 0.2) is 60.7 Å². The number of imide groups is 1. The quantitative estimate of drug-likeness (QED) is 0.0242. The third kappa shape index (κ3) is 17.5. The van der Waals surface area contributed by atoms with Gasteiger partial charge in [0.1, 0.15) is 48.2 Å². The first-order valence-corrected chi connectivity index (χ1v) is 20.6. The van der Waals surface area contributed by atoms with E-state index in [0.717, 1.165) is 29.2 Å². The summed E-state index contributed by atoms with van der Waals surface area (Å²) in [6.07, 6.45) is -0.199. The minimum absolute atomic E-state index is 0.0217. The summed E-state index contributed by atoms with van der Waals surface area (Å²) in [5.74, 6) is -5.99. The molecule has 0 aliphatic carbocycles. The first-order valence-electron chi connectivity index (χ1n) is 20.6. The highest BCUT2D eigenvalue weighted by Crippen LogP contribution is 2.20. The van der Waals surface area contributed by atoms with Crippen LogP contribution in [0.3, 0.4) is 0 Å². The molecule has 1 heterocycles. The molecule has 0 saturated carbocycles. The van der Waals surface area contributed by atoms with E-state index in [9.17, 15) is 53.3 Å². The highest BCUT2D eigenvalue weighted by atomic mass is 16.7. The van der Waals surface area contributed by atoms with Gasteiger partial charge in [0.15, 0.2) is 0 Å². The molecule has 1 aliphatic heterocycles. The average molecular weight is 925 g/mol. The number of esters is 1. The molecule has 66 heavy (non-hydrogen) atoms. The van der Waals surface area contributed by atoms with Crippen LogP contribution in [-0.2, 0) is 49.6 Å². The van der Waals surface area contributed by atoms with Crippen LogP contribution in [0, 0.1) is 16.0 Å². The number of primary amides is 1. The van der Waals surface area contributed by atoms with Crippen LogP contribution in [0.2, 0.25) is 0 Å². The lowest BCUT2D eigenvalue weighted by atomic mass is 10.0. The molecule has 0 aromatic heterocycles. The Hall–Kier alpha value is -7.59. The van der Waals surface area contributed by atoms with Gasteiger partial charge in [-0.25, -0.2) is 14.4 Å². The van der Waals surface area contributed by atoms with Crippen LogP contribution in [0.4, 0.5) is 25.8 Å². The fourth-order valence-electron chi connectivity index (χ4n) is 5.92. The largest absolute Gasteiger partial charge is 0.514 e. The standard InChI is InChI=1S/C43H56N8O15/c1-25(2)35(48-37(56)31(50-32(52)19-20-33(50)53)22-49(40(59)66-43(6,7)8)23-34(54)65-42(3,4)5)38(57)47-30(10-9-21-45-39(44)58)36(55)46-27-13-11-26(12-14-27)24-63-41(60)64-29-17-15-28(16-18-29)51(61)62/h11-20,25,30-31,35H,9-10,21-24H2,1-8H3,(H,46,55)(H,47,57)(H,48,56)(H3,44,45,58)/t30-,31+,35+/m1/s1. The Morgan fingerprint density at radius 2 is 1.41 bits per heavy atom. The maximum atomic E-state index is 14.2. The number of urea groups is 1. The maximum absolute atomic E-state index is 14.2. The summed E-state index contributed by atoms with van der Waals surface area (Å²) >= 11 is 0. The molecule has 3 atom stereocenters. The minimum Gasteiger partial charge on any atom is -0.459 e. The van der Waals surface area contributed by atoms with E-state index in [1.807, 2.05) is 0 Å². The zero-order valence-corrected chi connectivity index (χ0v) is 37.9. The van der Waals surface area contributed by atoms with Gasteiger partial charge in [0, 0.05) is 36.5 Å². The molecule has 0 spiro atoms. The van der Waals surface area contributed by atoms with Crippen LogP contribution < -0.4 is 31.7 Å². The van der Waals surface area contributed by atoms with Gasteiger partial charge >= 0.3 is 24.2 Å². The Morgan fingerprint density at radius 1 is 0.818 bits per heavy atom. The van der Waals surface area contributed by atoms with Gasteiger partial charge in [0.2, 0.25) is 17.7 Å². The minimum atomic E-state index is -1.79. The molecular formula is C43H56N8O15. The van der Waals surface area contributed by atoms with Gasteiger partial charge < -0.3 is 45.9 Å². The fourth-order valence-corrected chi connectivity index (χ4v) is 5.92. The molecule has 23 nitrogen and oxygen atoms in total. The van der Waals surface area contributed by atoms with Gasteiger partial charge in [-0.2, -0.15) is 0 Å². The van der Waals surface area contributed by atoms with Crippen molar-refractivity contribution in [2.75, 3.05) is 25.0 Å². The fraction of sp³-hybridized carbons (Fsp3) is 0.465. The number of carbonyl (C=O) groups is 9. The molecule has 0 radical (unpaired) electrons. The lowest BCUT2D eigenvalue weighted by Crippen LogP contribution is -2.61. The predicted molar refractivity (Wildman–Crippen MR) is 233 cm³/mol. The normalized spacial score (nSPS) is 13.7. The van der Waals surface area contributed by atoms with Crippen LogP contribution in [0.5, 0.6) is 5.75 Å². The Morgan fingerprint density at radius 3 is 1.94 bits per heavy atom. The smallest absolute Gasteiger partial charge is 0.459 e. The van der Waals surface area contributed by atoms with Gasteiger partial charge in [0.25, 0.3) is 17.5 Å². The Kier molecular flexibility index (Phi) is 18.7. The van der Waals surface area contributed by atoms with Crippen molar-refractivity contribution >= 4 is 65.2 Å². The number of anilines is 1. The highest BCUT2D eigenvalue weighted by molar-refractivity contribution is 6.15. The summed E-state index contributed by atoms with van der Waals surface area (Å²) in [4.78, 5) is 129. The Balaban J connectivity index is 1.80. The molecule has 0 bridgehead atoms. The van der Waals surface area contributed by atoms with Gasteiger partial charge in [-0.15, -0.1) is 0 Å². The van der Waals surface area contributed by atoms with E-state index in [-0.39, 0.29) is 43.1 Å². The van der Waals surface area contributed by atoms with E-state index in [1.165, 1.54) is 36.4 Å². The van der Waals surface area contributed by atoms with Crippen molar-refractivity contribution in [3.63, 3.8) is 0 Å². The molecule has 8 amide bonds. The molecule has 3 rings (SSSR count). The molecule has 0 unspecified atom stereocenters. The molecule has 2 aromatic carbocycles. The van der Waals surface area contributed by atoms with Gasteiger partial charge in [-0.05, 0) is 90.1 Å². The van der Waals surface area contributed by atoms with Crippen LogP contribution >= 0.6 is 0 Å². The number of amides is 8. The zero-order valence-electron chi connectivity index (χ0n) is 37.9. The second-order valence-corrected chi connectivity index (χ2v) is 17.1. The topological polar surface area (TPSA) is 314 Å². The molecule has 358 valence electrons. The third-order valence-electron chi connectivity index (χ3n) is 8.92. The van der Waals surface area contributed by atoms with Gasteiger partial charge in [0.05, 0.1) is 11.5 Å². The van der Waals surface area contributed by atoms with Crippen molar-refractivity contribution < 1.29 is 67.0 Å². The Labute approximate surface area is 380 Å². The van der Waals surface area contributed by atoms with Crippen molar-refractivity contribution in [1.82, 2.24) is 25.8 Å². The van der Waals surface area contributed by atoms with E-state index in [1.54, 1.807) is 55.4 Å². The summed E-state index contributed by atoms with van der Waals surface area (Å²) in [7, 11) is 0. The van der Waals surface area contributed by atoms with E-state index >= 15 is 0 Å². The lowest BCUT2D eigenvalue weighted by molar-refractivity contribution is -0.384. The molecule has 6 N–H and O–H groups in total. The van der Waals surface area contributed by atoms with Crippen molar-refractivity contribution in [2.45, 2.75) is 104 Å². The lowest BCUT2D eigenvalue weighted by Gasteiger charge is -2.34. The zero-order chi connectivity index (χ0) is 49.5. The van der Waals surface area contributed by atoms with E-state index in [0.29, 0.717) is 10.5 Å². The number of non-ortho nitro benzene ring substituents is 1. The number of hydrogen-bond acceptors (Lipinski definition) is 15. The van der Waals surface area contributed by atoms with Gasteiger partial charge in [-0.1, -0.05) is 26.0 Å². The number of rotatable bonds is 20. The number of benzene rings is 2. The van der Waals surface area contributed by atoms with Crippen LogP contribution in [0.25, 0.3) is 0 Å². The van der Waals surface area contributed by atoms with E-state index in [4.69, 9.17) is 24.7 Å². The number of ether oxygens (including phenoxy) is 4. The van der Waals surface area contributed by atoms with E-state index < -0.39 is 107 Å². The van der Waals surface area contributed by atoms with Crippen LogP contribution in [0.1, 0.15) is 73.8 Å². The van der Waals surface area contributed by atoms with Crippen molar-refractivity contribution in [3.05, 3.63) is 76.4 Å². The molecule has 23 heteroatoms. The Bertz CT molecular complexity index is 2150. The van der Waals surface area contributed by atoms with Crippen molar-refractivity contribution in [3.8, 4) is 5.75 Å². The number of carbonyl (C=O) groups excluding carboxylic acids is 9. The summed E-state index contributed by atoms with van der Waals surface area (Å²) < 4.78 is 21.0. The number of nitrogens with zero attached hydrogens (tertiary/aromatic N) is 3. The number of nitro groups is 1. The summed E-state index contributed by atoms with van der Waals surface area (Å²) in [6.45, 7) is 11.0. The van der Waals surface area contributed by atoms with Gasteiger partial charge in [-0.3, -0.25) is 48.7 Å². The average Bonchev–Trinajstić information content (AvgIpc) is 3.54. The second-order valence-electron chi connectivity index (χ2n) is 17.1. The summed E-state index contributed by atoms with van der Waals surface area (Å²) in [5, 5.41) is 21.1. The first-order chi connectivity index (χ1) is 30.7. The highest BCUT2D eigenvalue weighted by Gasteiger charge is 2.41. The van der Waals surface area contributed by atoms with Crippen molar-refractivity contribution in [2.24, 2.45) is 11.7 Å². The molecule has 1 aliphatic rings. The maximum Gasteiger partial charge on any atom is 0.514 e. The van der Waals surface area contributed by atoms with E-state index in [2.05, 4.69) is 21.3 Å². The monoisotopic (exact) mass is 924 g/mol. The SMILES string of the molecule is CC(C)[C@H](NC(=O)[C@H](CN(CC(=O)OC(C)(C)C)C(=O)OC(C)(C)C)N1C(=O)C=CC1=O)C(=O)N[C@H](CCCNC(N)=O)C(=O)Nc1ccc(COC(=O)Oc2ccc([N+](=O)[O-])cc2)cc1. The number of nitrogens with two attached hydrogens (primary N) is 1. The molecule has 0 saturated heterocycles. The molecule has 0 fully saturated rings. The summed E-state index contributed by atoms with van der Waals surface area (Å²) in [6, 6.07) is 5.52. The van der Waals surface area contributed by atoms with Crippen molar-refractivity contribution in [1.29, 1.82) is 0 Å².